The number of nitrogens with one attached hydrogen (secondary N) is 1. The molecule has 2 rings (SSSR count). The second kappa shape index (κ2) is 5.10. The number of carbonyl (C=O) groups excluding carboxylic acids is 1. The molecule has 0 atom stereocenters. The molecule has 0 aliphatic heterocycles. The molecule has 0 aliphatic carbocycles. The maximum absolute atomic E-state index is 11.7. The molecular weight excluding hydrogens is 216 g/mol. The SMILES string of the molecule is CCCc1nc2ccc(C(=O)COC)cc2[nH]1. The highest BCUT2D eigenvalue weighted by Gasteiger charge is 2.08. The standard InChI is InChI=1S/C13H16N2O2/c1-3-4-13-14-10-6-5-9(7-11(10)15-13)12(16)8-17-2/h5-7H,3-4,8H2,1-2H3,(H,14,15). The Morgan fingerprint density at radius 2 is 2.29 bits per heavy atom. The number of rotatable bonds is 5. The Hall–Kier alpha value is -1.68. The Morgan fingerprint density at radius 1 is 1.47 bits per heavy atom. The van der Waals surface area contributed by atoms with E-state index < -0.39 is 0 Å². The summed E-state index contributed by atoms with van der Waals surface area (Å²) < 4.78 is 4.84. The van der Waals surface area contributed by atoms with Crippen LogP contribution in [0.4, 0.5) is 0 Å². The minimum atomic E-state index is -0.0129. The summed E-state index contributed by atoms with van der Waals surface area (Å²) in [5, 5.41) is 0. The van der Waals surface area contributed by atoms with E-state index in [1.54, 1.807) is 6.07 Å². The van der Waals surface area contributed by atoms with Gasteiger partial charge >= 0.3 is 0 Å². The number of Topliss-reactive ketones (excluding diaryl/α,β-unsaturated/α-hetero) is 1. The molecule has 0 saturated carbocycles. The minimum absolute atomic E-state index is 0.0129. The van der Waals surface area contributed by atoms with Crippen LogP contribution in [0.1, 0.15) is 29.5 Å². The van der Waals surface area contributed by atoms with Gasteiger partial charge < -0.3 is 9.72 Å². The molecule has 2 aromatic rings. The van der Waals surface area contributed by atoms with E-state index in [9.17, 15) is 4.79 Å². The first-order valence-electron chi connectivity index (χ1n) is 5.75. The summed E-state index contributed by atoms with van der Waals surface area (Å²) in [5.74, 6) is 0.958. The van der Waals surface area contributed by atoms with Gasteiger partial charge in [-0.3, -0.25) is 4.79 Å². The molecule has 1 N–H and O–H groups in total. The molecule has 4 nitrogen and oxygen atoms in total. The number of nitrogens with zero attached hydrogens (tertiary/aromatic N) is 1. The predicted octanol–water partition coefficient (Wildman–Crippen LogP) is 2.34. The number of aromatic amines is 1. The molecule has 0 fully saturated rings. The molecule has 90 valence electrons. The molecule has 0 spiro atoms. The highest BCUT2D eigenvalue weighted by molar-refractivity contribution is 5.99. The number of H-pyrrole nitrogens is 1. The number of aromatic nitrogens is 2. The zero-order valence-corrected chi connectivity index (χ0v) is 10.1. The lowest BCUT2D eigenvalue weighted by molar-refractivity contribution is 0.0848. The van der Waals surface area contributed by atoms with Crippen LogP contribution in [0.25, 0.3) is 11.0 Å². The summed E-state index contributed by atoms with van der Waals surface area (Å²) in [7, 11) is 1.52. The highest BCUT2D eigenvalue weighted by atomic mass is 16.5. The molecule has 0 saturated heterocycles. The van der Waals surface area contributed by atoms with Gasteiger partial charge in [0, 0.05) is 19.1 Å². The van der Waals surface area contributed by atoms with Crippen molar-refractivity contribution >= 4 is 16.8 Å². The van der Waals surface area contributed by atoms with Gasteiger partial charge in [0.15, 0.2) is 5.78 Å². The first-order chi connectivity index (χ1) is 8.24. The number of aryl methyl sites for hydroxylation is 1. The van der Waals surface area contributed by atoms with E-state index in [0.717, 1.165) is 29.7 Å². The normalized spacial score (nSPS) is 10.9. The van der Waals surface area contributed by atoms with E-state index in [1.165, 1.54) is 7.11 Å². The molecule has 0 amide bonds. The fourth-order valence-electron chi connectivity index (χ4n) is 1.81. The maximum atomic E-state index is 11.7. The van der Waals surface area contributed by atoms with Crippen molar-refractivity contribution in [3.63, 3.8) is 0 Å². The topological polar surface area (TPSA) is 55.0 Å². The van der Waals surface area contributed by atoms with Gasteiger partial charge in [0.05, 0.1) is 11.0 Å². The predicted molar refractivity (Wildman–Crippen MR) is 66.3 cm³/mol. The zero-order valence-electron chi connectivity index (χ0n) is 10.1. The zero-order chi connectivity index (χ0) is 12.3. The third-order valence-electron chi connectivity index (χ3n) is 2.62. The van der Waals surface area contributed by atoms with Gasteiger partial charge in [0.1, 0.15) is 12.4 Å². The van der Waals surface area contributed by atoms with Crippen LogP contribution in [-0.2, 0) is 11.2 Å². The number of ketones is 1. The van der Waals surface area contributed by atoms with Crippen LogP contribution < -0.4 is 0 Å². The molecule has 0 radical (unpaired) electrons. The molecule has 1 aromatic heterocycles. The Kier molecular flexibility index (Phi) is 3.54. The van der Waals surface area contributed by atoms with Crippen LogP contribution in [-0.4, -0.2) is 29.5 Å². The van der Waals surface area contributed by atoms with E-state index >= 15 is 0 Å². The number of imidazole rings is 1. The van der Waals surface area contributed by atoms with Gasteiger partial charge in [-0.15, -0.1) is 0 Å². The second-order valence-corrected chi connectivity index (χ2v) is 4.02. The largest absolute Gasteiger partial charge is 0.377 e. The van der Waals surface area contributed by atoms with Crippen molar-refractivity contribution in [1.82, 2.24) is 9.97 Å². The van der Waals surface area contributed by atoms with Crippen molar-refractivity contribution in [2.45, 2.75) is 19.8 Å². The Bertz CT molecular complexity index is 531. The van der Waals surface area contributed by atoms with Crippen LogP contribution in [0, 0.1) is 0 Å². The summed E-state index contributed by atoms with van der Waals surface area (Å²) in [5.41, 5.74) is 2.48. The van der Waals surface area contributed by atoms with Crippen molar-refractivity contribution < 1.29 is 9.53 Å². The average Bonchev–Trinajstić information content (AvgIpc) is 2.71. The molecule has 0 unspecified atom stereocenters. The van der Waals surface area contributed by atoms with Gasteiger partial charge in [-0.25, -0.2) is 4.98 Å². The number of fused-ring (bicyclic) bond motifs is 1. The van der Waals surface area contributed by atoms with Crippen LogP contribution >= 0.6 is 0 Å². The summed E-state index contributed by atoms with van der Waals surface area (Å²) in [4.78, 5) is 19.3. The van der Waals surface area contributed by atoms with E-state index in [1.807, 2.05) is 12.1 Å². The Morgan fingerprint density at radius 3 is 3.00 bits per heavy atom. The van der Waals surface area contributed by atoms with Crippen molar-refractivity contribution in [2.75, 3.05) is 13.7 Å². The quantitative estimate of drug-likeness (QED) is 0.805. The Balaban J connectivity index is 2.33. The molecule has 0 aliphatic rings. The number of ether oxygens (including phenoxy) is 1. The van der Waals surface area contributed by atoms with Crippen LogP contribution in [0.15, 0.2) is 18.2 Å². The summed E-state index contributed by atoms with van der Waals surface area (Å²) in [6.45, 7) is 2.22. The second-order valence-electron chi connectivity index (χ2n) is 4.02. The van der Waals surface area contributed by atoms with Crippen molar-refractivity contribution in [3.8, 4) is 0 Å². The van der Waals surface area contributed by atoms with Crippen molar-refractivity contribution in [3.05, 3.63) is 29.6 Å². The first-order valence-corrected chi connectivity index (χ1v) is 5.75. The molecule has 17 heavy (non-hydrogen) atoms. The van der Waals surface area contributed by atoms with Gasteiger partial charge in [0.2, 0.25) is 0 Å². The molecular formula is C13H16N2O2. The fourth-order valence-corrected chi connectivity index (χ4v) is 1.81. The van der Waals surface area contributed by atoms with E-state index in [0.29, 0.717) is 5.56 Å². The number of methoxy groups -OCH3 is 1. The number of benzene rings is 1. The van der Waals surface area contributed by atoms with Crippen LogP contribution in [0.2, 0.25) is 0 Å². The number of carbonyl (C=O) groups is 1. The third kappa shape index (κ3) is 2.53. The smallest absolute Gasteiger partial charge is 0.188 e. The van der Waals surface area contributed by atoms with E-state index in [-0.39, 0.29) is 12.4 Å². The maximum Gasteiger partial charge on any atom is 0.188 e. The monoisotopic (exact) mass is 232 g/mol. The molecule has 4 heteroatoms. The van der Waals surface area contributed by atoms with Crippen LogP contribution in [0.5, 0.6) is 0 Å². The van der Waals surface area contributed by atoms with Gasteiger partial charge in [-0.2, -0.15) is 0 Å². The highest BCUT2D eigenvalue weighted by Crippen LogP contribution is 2.15. The number of hydrogen-bond donors (Lipinski definition) is 1. The average molecular weight is 232 g/mol. The van der Waals surface area contributed by atoms with Crippen molar-refractivity contribution in [2.24, 2.45) is 0 Å². The lowest BCUT2D eigenvalue weighted by Crippen LogP contribution is -2.06. The summed E-state index contributed by atoms with van der Waals surface area (Å²) in [6, 6.07) is 5.50. The fraction of sp³-hybridized carbons (Fsp3) is 0.385. The van der Waals surface area contributed by atoms with Gasteiger partial charge in [0.25, 0.3) is 0 Å². The van der Waals surface area contributed by atoms with Gasteiger partial charge in [-0.05, 0) is 24.6 Å². The molecule has 1 heterocycles. The molecule has 1 aromatic carbocycles. The molecule has 0 bridgehead atoms. The first kappa shape index (κ1) is 11.8. The summed E-state index contributed by atoms with van der Waals surface area (Å²) >= 11 is 0. The van der Waals surface area contributed by atoms with E-state index in [2.05, 4.69) is 16.9 Å². The Labute approximate surface area is 100 Å². The minimum Gasteiger partial charge on any atom is -0.377 e. The lowest BCUT2D eigenvalue weighted by atomic mass is 10.1. The van der Waals surface area contributed by atoms with Gasteiger partial charge in [-0.1, -0.05) is 6.92 Å². The van der Waals surface area contributed by atoms with Crippen LogP contribution in [0.3, 0.4) is 0 Å². The van der Waals surface area contributed by atoms with E-state index in [4.69, 9.17) is 4.74 Å². The lowest BCUT2D eigenvalue weighted by Gasteiger charge is -1.98. The summed E-state index contributed by atoms with van der Waals surface area (Å²) in [6.07, 6.45) is 1.98. The third-order valence-corrected chi connectivity index (χ3v) is 2.62. The number of hydrogen-bond acceptors (Lipinski definition) is 3. The van der Waals surface area contributed by atoms with Crippen molar-refractivity contribution in [1.29, 1.82) is 0 Å².